The molecule has 188 valence electrons. The minimum Gasteiger partial charge on any atom is -0.335 e. The van der Waals surface area contributed by atoms with Crippen LogP contribution in [0.4, 0.5) is 22.0 Å². The van der Waals surface area contributed by atoms with Crippen LogP contribution in [0.15, 0.2) is 35.5 Å². The fourth-order valence-electron chi connectivity index (χ4n) is 3.55. The summed E-state index contributed by atoms with van der Waals surface area (Å²) in [5.74, 6) is -5.34. The highest BCUT2D eigenvalue weighted by atomic mass is 32.2. The second kappa shape index (κ2) is 8.21. The predicted octanol–water partition coefficient (Wildman–Crippen LogP) is 4.20. The highest BCUT2D eigenvalue weighted by Gasteiger charge is 2.60. The highest BCUT2D eigenvalue weighted by molar-refractivity contribution is 7.91. The smallest absolute Gasteiger partial charge is 0.335 e. The van der Waals surface area contributed by atoms with E-state index in [0.29, 0.717) is 23.2 Å². The number of hydrogen-bond donors (Lipinski definition) is 1. The van der Waals surface area contributed by atoms with Crippen LogP contribution in [0.1, 0.15) is 36.9 Å². The van der Waals surface area contributed by atoms with Crippen molar-refractivity contribution >= 4 is 21.0 Å². The first-order valence-electron chi connectivity index (χ1n) is 10.7. The van der Waals surface area contributed by atoms with Gasteiger partial charge in [0.15, 0.2) is 21.3 Å². The highest BCUT2D eigenvalue weighted by Crippen LogP contribution is 2.43. The molecule has 5 rings (SSSR count). The van der Waals surface area contributed by atoms with Gasteiger partial charge in [-0.05, 0) is 42.5 Å². The summed E-state index contributed by atoms with van der Waals surface area (Å²) in [4.78, 5) is 10.5. The molecule has 1 saturated carbocycles. The van der Waals surface area contributed by atoms with Crippen LogP contribution in [0.5, 0.6) is 0 Å². The standard InChI is InChI=1S/C21H16F5N7O2S/c1-2-36(34,35)15-6-12(13-5-11(9-28-31-13)10-3-4-10)8-27-17(15)19-29-14-7-16(32-33-18(14)30-19)20(22,23)21(24,25)26/h5-10H,2-4H2,1H3,(H,29,30,33). The SMILES string of the molecule is CCS(=O)(=O)c1cc(-c2cc(C3CC3)cnn2)cnc1-c1nc2nnc(C(F)(F)C(F)(F)F)cc2[nH]1. The third-order valence-corrected chi connectivity index (χ3v) is 7.48. The van der Waals surface area contributed by atoms with Crippen LogP contribution in [-0.2, 0) is 15.8 Å². The Kier molecular flexibility index (Phi) is 5.50. The van der Waals surface area contributed by atoms with Gasteiger partial charge in [-0.15, -0.1) is 10.2 Å². The number of nitrogens with zero attached hydrogens (tertiary/aromatic N) is 6. The largest absolute Gasteiger partial charge is 0.459 e. The molecule has 0 unspecified atom stereocenters. The van der Waals surface area contributed by atoms with E-state index in [0.717, 1.165) is 18.4 Å². The molecule has 4 heterocycles. The Morgan fingerprint density at radius 2 is 1.78 bits per heavy atom. The number of sulfone groups is 1. The van der Waals surface area contributed by atoms with E-state index in [2.05, 4.69) is 35.3 Å². The molecule has 9 nitrogen and oxygen atoms in total. The van der Waals surface area contributed by atoms with Crippen LogP contribution in [0, 0.1) is 0 Å². The van der Waals surface area contributed by atoms with Gasteiger partial charge in [0.1, 0.15) is 11.4 Å². The molecule has 0 aliphatic heterocycles. The third-order valence-electron chi connectivity index (χ3n) is 5.74. The van der Waals surface area contributed by atoms with Gasteiger partial charge in [0, 0.05) is 11.8 Å². The number of fused-ring (bicyclic) bond motifs is 1. The van der Waals surface area contributed by atoms with Crippen LogP contribution in [0.25, 0.3) is 33.9 Å². The Balaban J connectivity index is 1.61. The maximum Gasteiger partial charge on any atom is 0.459 e. The van der Waals surface area contributed by atoms with Crippen molar-refractivity contribution in [1.82, 2.24) is 35.3 Å². The fourth-order valence-corrected chi connectivity index (χ4v) is 4.61. The van der Waals surface area contributed by atoms with Gasteiger partial charge in [-0.25, -0.2) is 13.4 Å². The number of imidazole rings is 1. The number of halogens is 5. The molecule has 1 aliphatic rings. The van der Waals surface area contributed by atoms with Gasteiger partial charge < -0.3 is 4.98 Å². The summed E-state index contributed by atoms with van der Waals surface area (Å²) in [5.41, 5.74) is -0.603. The van der Waals surface area contributed by atoms with E-state index in [1.54, 1.807) is 6.20 Å². The van der Waals surface area contributed by atoms with Crippen LogP contribution in [0.3, 0.4) is 0 Å². The molecule has 1 fully saturated rings. The van der Waals surface area contributed by atoms with E-state index < -0.39 is 27.6 Å². The Bertz CT molecular complexity index is 1580. The normalized spacial score (nSPS) is 14.9. The van der Waals surface area contributed by atoms with Crippen LogP contribution in [-0.4, -0.2) is 55.7 Å². The summed E-state index contributed by atoms with van der Waals surface area (Å²) < 4.78 is 91.4. The molecule has 0 aromatic carbocycles. The molecule has 0 amide bonds. The summed E-state index contributed by atoms with van der Waals surface area (Å²) in [7, 11) is -3.89. The number of alkyl halides is 5. The molecule has 0 saturated heterocycles. The number of rotatable bonds is 6. The summed E-state index contributed by atoms with van der Waals surface area (Å²) in [5, 5.41) is 14.4. The molecular formula is C21H16F5N7O2S. The molecule has 36 heavy (non-hydrogen) atoms. The van der Waals surface area contributed by atoms with Crippen molar-refractivity contribution in [3.63, 3.8) is 0 Å². The average Bonchev–Trinajstić information content (AvgIpc) is 3.61. The van der Waals surface area contributed by atoms with E-state index in [1.165, 1.54) is 19.2 Å². The van der Waals surface area contributed by atoms with Crippen LogP contribution < -0.4 is 0 Å². The van der Waals surface area contributed by atoms with E-state index in [4.69, 9.17) is 0 Å². The van der Waals surface area contributed by atoms with Gasteiger partial charge in [-0.2, -0.15) is 32.1 Å². The lowest BCUT2D eigenvalue weighted by Crippen LogP contribution is -2.34. The van der Waals surface area contributed by atoms with Gasteiger partial charge in [-0.1, -0.05) is 6.92 Å². The van der Waals surface area contributed by atoms with Gasteiger partial charge in [0.2, 0.25) is 0 Å². The van der Waals surface area contributed by atoms with E-state index in [1.807, 2.05) is 6.07 Å². The van der Waals surface area contributed by atoms with Crippen LogP contribution in [0.2, 0.25) is 0 Å². The van der Waals surface area contributed by atoms with Gasteiger partial charge >= 0.3 is 12.1 Å². The summed E-state index contributed by atoms with van der Waals surface area (Å²) in [6.45, 7) is 1.43. The lowest BCUT2D eigenvalue weighted by atomic mass is 10.1. The molecule has 0 bridgehead atoms. The zero-order chi connectivity index (χ0) is 25.9. The Labute approximate surface area is 200 Å². The Morgan fingerprint density at radius 1 is 1.03 bits per heavy atom. The average molecular weight is 525 g/mol. The van der Waals surface area contributed by atoms with Crippen molar-refractivity contribution in [3.8, 4) is 22.8 Å². The first-order valence-corrected chi connectivity index (χ1v) is 12.3. The number of pyridine rings is 1. The Hall–Kier alpha value is -3.62. The first kappa shape index (κ1) is 24.1. The van der Waals surface area contributed by atoms with Crippen molar-refractivity contribution in [2.45, 2.75) is 42.7 Å². The zero-order valence-corrected chi connectivity index (χ0v) is 19.2. The summed E-state index contributed by atoms with van der Waals surface area (Å²) >= 11 is 0. The molecule has 15 heteroatoms. The monoisotopic (exact) mass is 525 g/mol. The van der Waals surface area contributed by atoms with Crippen LogP contribution >= 0.6 is 0 Å². The van der Waals surface area contributed by atoms with E-state index in [-0.39, 0.29) is 33.3 Å². The molecule has 0 atom stereocenters. The van der Waals surface area contributed by atoms with Crippen molar-refractivity contribution in [2.75, 3.05) is 5.75 Å². The van der Waals surface area contributed by atoms with Crippen molar-refractivity contribution < 1.29 is 30.4 Å². The molecule has 4 aromatic rings. The molecular weight excluding hydrogens is 509 g/mol. The lowest BCUT2D eigenvalue weighted by Gasteiger charge is -2.17. The number of aromatic amines is 1. The fraction of sp³-hybridized carbons (Fsp3) is 0.333. The Morgan fingerprint density at radius 3 is 2.44 bits per heavy atom. The second-order valence-electron chi connectivity index (χ2n) is 8.25. The van der Waals surface area contributed by atoms with Crippen molar-refractivity contribution in [2.24, 2.45) is 0 Å². The van der Waals surface area contributed by atoms with Crippen molar-refractivity contribution in [1.29, 1.82) is 0 Å². The van der Waals surface area contributed by atoms with Gasteiger partial charge in [-0.3, -0.25) is 4.98 Å². The van der Waals surface area contributed by atoms with Gasteiger partial charge in [0.25, 0.3) is 0 Å². The van der Waals surface area contributed by atoms with Crippen molar-refractivity contribution in [3.05, 3.63) is 41.9 Å². The third kappa shape index (κ3) is 4.16. The van der Waals surface area contributed by atoms with E-state index >= 15 is 0 Å². The first-order chi connectivity index (χ1) is 16.9. The number of hydrogen-bond acceptors (Lipinski definition) is 8. The number of H-pyrrole nitrogens is 1. The quantitative estimate of drug-likeness (QED) is 0.371. The molecule has 1 aliphatic carbocycles. The predicted molar refractivity (Wildman–Crippen MR) is 116 cm³/mol. The molecule has 4 aromatic heterocycles. The second-order valence-corrected chi connectivity index (χ2v) is 10.5. The lowest BCUT2D eigenvalue weighted by molar-refractivity contribution is -0.291. The topological polar surface area (TPSA) is 127 Å². The zero-order valence-electron chi connectivity index (χ0n) is 18.4. The minimum atomic E-state index is -5.88. The van der Waals surface area contributed by atoms with E-state index in [9.17, 15) is 30.4 Å². The van der Waals surface area contributed by atoms with Gasteiger partial charge in [0.05, 0.1) is 28.1 Å². The molecule has 0 radical (unpaired) electrons. The molecule has 0 spiro atoms. The number of nitrogens with one attached hydrogen (secondary N) is 1. The maximum atomic E-state index is 13.7. The maximum absolute atomic E-state index is 13.7. The number of aromatic nitrogens is 7. The summed E-state index contributed by atoms with van der Waals surface area (Å²) in [6.07, 6.45) is -0.810. The molecule has 1 N–H and O–H groups in total. The summed E-state index contributed by atoms with van der Waals surface area (Å²) in [6, 6.07) is 3.63. The minimum absolute atomic E-state index is 0.158.